The number of anilines is 1. The first kappa shape index (κ1) is 20.4. The molecule has 0 aromatic heterocycles. The third-order valence-corrected chi connectivity index (χ3v) is 4.22. The molecule has 0 fully saturated rings. The van der Waals surface area contributed by atoms with Gasteiger partial charge in [0, 0.05) is 11.3 Å². The zero-order valence-electron chi connectivity index (χ0n) is 16.1. The molecule has 0 atom stereocenters. The van der Waals surface area contributed by atoms with Crippen molar-refractivity contribution >= 4 is 28.9 Å². The van der Waals surface area contributed by atoms with E-state index in [4.69, 9.17) is 21.7 Å². The Bertz CT molecular complexity index is 942. The summed E-state index contributed by atoms with van der Waals surface area (Å²) in [5.41, 5.74) is 2.41. The molecular formula is C23H22N2O3S. The highest BCUT2D eigenvalue weighted by Gasteiger charge is 2.07. The molecule has 3 rings (SSSR count). The molecule has 2 N–H and O–H groups in total. The maximum Gasteiger partial charge on any atom is 0.257 e. The van der Waals surface area contributed by atoms with E-state index in [0.29, 0.717) is 18.8 Å². The second kappa shape index (κ2) is 10.2. The van der Waals surface area contributed by atoms with Gasteiger partial charge in [0.2, 0.25) is 0 Å². The highest BCUT2D eigenvalue weighted by atomic mass is 32.1. The number of carbonyl (C=O) groups excluding carboxylic acids is 1. The summed E-state index contributed by atoms with van der Waals surface area (Å²) in [5.74, 6) is 1.29. The fourth-order valence-electron chi connectivity index (χ4n) is 2.51. The molecule has 0 saturated heterocycles. The first-order valence-corrected chi connectivity index (χ1v) is 9.61. The molecular weight excluding hydrogens is 384 g/mol. The quantitative estimate of drug-likeness (QED) is 0.444. The van der Waals surface area contributed by atoms with Gasteiger partial charge >= 0.3 is 0 Å². The van der Waals surface area contributed by atoms with Gasteiger partial charge in [0.25, 0.3) is 5.91 Å². The summed E-state index contributed by atoms with van der Waals surface area (Å²) < 4.78 is 11.3. The fourth-order valence-corrected chi connectivity index (χ4v) is 2.72. The monoisotopic (exact) mass is 406 g/mol. The molecule has 29 heavy (non-hydrogen) atoms. The lowest BCUT2D eigenvalue weighted by Gasteiger charge is -2.11. The molecule has 3 aromatic rings. The highest BCUT2D eigenvalue weighted by molar-refractivity contribution is 7.80. The Balaban J connectivity index is 1.41. The van der Waals surface area contributed by atoms with Gasteiger partial charge in [-0.25, -0.2) is 0 Å². The van der Waals surface area contributed by atoms with Crippen molar-refractivity contribution < 1.29 is 14.3 Å². The predicted octanol–water partition coefficient (Wildman–Crippen LogP) is 4.58. The van der Waals surface area contributed by atoms with Gasteiger partial charge in [0.05, 0.1) is 0 Å². The summed E-state index contributed by atoms with van der Waals surface area (Å²) in [5, 5.41) is 5.90. The number of amides is 1. The Kier molecular flexibility index (Phi) is 7.19. The van der Waals surface area contributed by atoms with Crippen molar-refractivity contribution in [1.29, 1.82) is 0 Å². The van der Waals surface area contributed by atoms with Crippen LogP contribution in [0.5, 0.6) is 11.5 Å². The highest BCUT2D eigenvalue weighted by Crippen LogP contribution is 2.16. The van der Waals surface area contributed by atoms with Crippen molar-refractivity contribution in [2.75, 3.05) is 18.5 Å². The van der Waals surface area contributed by atoms with Crippen LogP contribution in [-0.4, -0.2) is 24.2 Å². The number of hydrogen-bond donors (Lipinski definition) is 2. The number of ether oxygens (including phenoxy) is 2. The van der Waals surface area contributed by atoms with Crippen LogP contribution in [-0.2, 0) is 0 Å². The average molecular weight is 407 g/mol. The third kappa shape index (κ3) is 6.62. The van der Waals surface area contributed by atoms with Crippen molar-refractivity contribution in [2.24, 2.45) is 0 Å². The fraction of sp³-hybridized carbons (Fsp3) is 0.130. The predicted molar refractivity (Wildman–Crippen MR) is 119 cm³/mol. The Morgan fingerprint density at radius 1 is 0.828 bits per heavy atom. The Labute approximate surface area is 175 Å². The third-order valence-electron chi connectivity index (χ3n) is 4.02. The van der Waals surface area contributed by atoms with Crippen molar-refractivity contribution in [3.05, 3.63) is 90.0 Å². The molecule has 0 saturated carbocycles. The molecule has 3 aromatic carbocycles. The van der Waals surface area contributed by atoms with Gasteiger partial charge in [-0.1, -0.05) is 35.9 Å². The Morgan fingerprint density at radius 2 is 1.41 bits per heavy atom. The number of rotatable bonds is 7. The summed E-state index contributed by atoms with van der Waals surface area (Å²) >= 11 is 5.21. The number of benzene rings is 3. The second-order valence-electron chi connectivity index (χ2n) is 6.31. The molecule has 6 heteroatoms. The average Bonchev–Trinajstić information content (AvgIpc) is 2.73. The van der Waals surface area contributed by atoms with Crippen molar-refractivity contribution in [1.82, 2.24) is 5.32 Å². The summed E-state index contributed by atoms with van der Waals surface area (Å²) in [6.07, 6.45) is 0. The molecule has 0 radical (unpaired) electrons. The molecule has 0 aliphatic carbocycles. The van der Waals surface area contributed by atoms with Crippen LogP contribution in [0.2, 0.25) is 0 Å². The smallest absolute Gasteiger partial charge is 0.257 e. The van der Waals surface area contributed by atoms with Crippen LogP contribution in [0.25, 0.3) is 0 Å². The minimum absolute atomic E-state index is 0.237. The van der Waals surface area contributed by atoms with E-state index in [1.54, 1.807) is 12.1 Å². The van der Waals surface area contributed by atoms with Gasteiger partial charge in [-0.2, -0.15) is 0 Å². The Morgan fingerprint density at radius 3 is 2.03 bits per heavy atom. The molecule has 0 spiro atoms. The van der Waals surface area contributed by atoms with Gasteiger partial charge < -0.3 is 14.8 Å². The second-order valence-corrected chi connectivity index (χ2v) is 6.72. The van der Waals surface area contributed by atoms with E-state index >= 15 is 0 Å². The van der Waals surface area contributed by atoms with Gasteiger partial charge in [-0.05, 0) is 67.7 Å². The van der Waals surface area contributed by atoms with Crippen LogP contribution in [0.4, 0.5) is 5.69 Å². The lowest BCUT2D eigenvalue weighted by molar-refractivity contribution is 0.0977. The SMILES string of the molecule is Cc1ccc(C(=O)NC(=S)Nc2ccc(OCCOc3ccccc3)cc2)cc1. The maximum absolute atomic E-state index is 12.2. The number of nitrogens with one attached hydrogen (secondary N) is 2. The zero-order valence-corrected chi connectivity index (χ0v) is 16.9. The molecule has 0 heterocycles. The summed E-state index contributed by atoms with van der Waals surface area (Å²) in [7, 11) is 0. The summed E-state index contributed by atoms with van der Waals surface area (Å²) in [4.78, 5) is 12.2. The lowest BCUT2D eigenvalue weighted by atomic mass is 10.1. The van der Waals surface area contributed by atoms with Gasteiger partial charge in [-0.3, -0.25) is 10.1 Å². The standard InChI is InChI=1S/C23H22N2O3S/c1-17-7-9-18(10-8-17)22(26)25-23(29)24-19-11-13-21(14-12-19)28-16-15-27-20-5-3-2-4-6-20/h2-14H,15-16H2,1H3,(H2,24,25,26,29). The molecule has 1 amide bonds. The summed E-state index contributed by atoms with van der Waals surface area (Å²) in [6, 6.07) is 24.2. The first-order chi connectivity index (χ1) is 14.1. The van der Waals surface area contributed by atoms with Crippen LogP contribution in [0, 0.1) is 6.92 Å². The van der Waals surface area contributed by atoms with E-state index in [1.807, 2.05) is 73.7 Å². The van der Waals surface area contributed by atoms with Gasteiger partial charge in [-0.15, -0.1) is 0 Å². The maximum atomic E-state index is 12.2. The van der Waals surface area contributed by atoms with E-state index < -0.39 is 0 Å². The number of aryl methyl sites for hydroxylation is 1. The van der Waals surface area contributed by atoms with Gasteiger partial charge in [0.15, 0.2) is 5.11 Å². The van der Waals surface area contributed by atoms with Crippen LogP contribution >= 0.6 is 12.2 Å². The molecule has 5 nitrogen and oxygen atoms in total. The normalized spacial score (nSPS) is 10.1. The molecule has 0 aliphatic heterocycles. The van der Waals surface area contributed by atoms with E-state index in [9.17, 15) is 4.79 Å². The lowest BCUT2D eigenvalue weighted by Crippen LogP contribution is -2.34. The topological polar surface area (TPSA) is 59.6 Å². The summed E-state index contributed by atoms with van der Waals surface area (Å²) in [6.45, 7) is 2.86. The van der Waals surface area contributed by atoms with Gasteiger partial charge in [0.1, 0.15) is 24.7 Å². The van der Waals surface area contributed by atoms with Crippen LogP contribution in [0.1, 0.15) is 15.9 Å². The number of hydrogen-bond acceptors (Lipinski definition) is 4. The molecule has 0 unspecified atom stereocenters. The zero-order chi connectivity index (χ0) is 20.5. The van der Waals surface area contributed by atoms with E-state index in [1.165, 1.54) is 0 Å². The van der Waals surface area contributed by atoms with Crippen LogP contribution < -0.4 is 20.1 Å². The van der Waals surface area contributed by atoms with Crippen molar-refractivity contribution in [2.45, 2.75) is 6.92 Å². The Hall–Kier alpha value is -3.38. The van der Waals surface area contributed by atoms with Crippen LogP contribution in [0.3, 0.4) is 0 Å². The minimum Gasteiger partial charge on any atom is -0.490 e. The van der Waals surface area contributed by atoms with E-state index in [2.05, 4.69) is 10.6 Å². The number of thiocarbonyl (C=S) groups is 1. The molecule has 0 bridgehead atoms. The molecule has 148 valence electrons. The number of carbonyl (C=O) groups is 1. The minimum atomic E-state index is -0.249. The largest absolute Gasteiger partial charge is 0.490 e. The van der Waals surface area contributed by atoms with Crippen molar-refractivity contribution in [3.63, 3.8) is 0 Å². The van der Waals surface area contributed by atoms with E-state index in [-0.39, 0.29) is 11.0 Å². The van der Waals surface area contributed by atoms with E-state index in [0.717, 1.165) is 22.7 Å². The van der Waals surface area contributed by atoms with Crippen LogP contribution in [0.15, 0.2) is 78.9 Å². The first-order valence-electron chi connectivity index (χ1n) is 9.20. The number of para-hydroxylation sites is 1. The molecule has 0 aliphatic rings. The van der Waals surface area contributed by atoms with Crippen molar-refractivity contribution in [3.8, 4) is 11.5 Å².